The third-order valence-electron chi connectivity index (χ3n) is 8.29. The predicted octanol–water partition coefficient (Wildman–Crippen LogP) is 3.28. The van der Waals surface area contributed by atoms with Crippen LogP contribution in [0, 0.1) is 28.6 Å². The molecule has 2 aliphatic rings. The van der Waals surface area contributed by atoms with Gasteiger partial charge in [0.1, 0.15) is 0 Å². The van der Waals surface area contributed by atoms with E-state index in [4.69, 9.17) is 8.60 Å². The molecule has 32 heavy (non-hydrogen) atoms. The van der Waals surface area contributed by atoms with Gasteiger partial charge in [-0.2, -0.15) is 0 Å². The summed E-state index contributed by atoms with van der Waals surface area (Å²) in [5.41, 5.74) is 3.23. The monoisotopic (exact) mass is 474 g/mol. The average Bonchev–Trinajstić information content (AvgIpc) is 3.19. The Hall–Kier alpha value is -0.110. The molecule has 1 heterocycles. The van der Waals surface area contributed by atoms with E-state index < -0.39 is 10.4 Å². The van der Waals surface area contributed by atoms with Crippen LogP contribution in [-0.2, 0) is 21.0 Å². The molecule has 176 valence electrons. The fourth-order valence-corrected chi connectivity index (χ4v) is 6.31. The molecule has 1 aromatic rings. The van der Waals surface area contributed by atoms with Crippen molar-refractivity contribution in [2.75, 3.05) is 6.61 Å². The summed E-state index contributed by atoms with van der Waals surface area (Å²) in [4.78, 5) is 0. The first-order valence-corrected chi connectivity index (χ1v) is 13.2. The molecule has 1 unspecified atom stereocenters. The van der Waals surface area contributed by atoms with Crippen LogP contribution in [0.1, 0.15) is 84.6 Å². The van der Waals surface area contributed by atoms with Crippen molar-refractivity contribution in [3.05, 3.63) is 35.8 Å². The van der Waals surface area contributed by atoms with Gasteiger partial charge in [0.05, 0.1) is 19.1 Å². The second-order valence-electron chi connectivity index (χ2n) is 10.8. The number of aryl methyl sites for hydroxylation is 1. The van der Waals surface area contributed by atoms with Gasteiger partial charge >= 0.3 is 29.6 Å². The predicted molar refractivity (Wildman–Crippen MR) is 121 cm³/mol. The van der Waals surface area contributed by atoms with Crippen LogP contribution in [-0.4, -0.2) is 19.6 Å². The van der Waals surface area contributed by atoms with Gasteiger partial charge in [0, 0.05) is 0 Å². The van der Waals surface area contributed by atoms with Crippen molar-refractivity contribution in [1.82, 2.24) is 0 Å². The van der Waals surface area contributed by atoms with E-state index in [-0.39, 0.29) is 47.5 Å². The van der Waals surface area contributed by atoms with Crippen LogP contribution in [0.25, 0.3) is 0 Å². The second kappa shape index (κ2) is 11.5. The Kier molecular flexibility index (Phi) is 10.1. The summed E-state index contributed by atoms with van der Waals surface area (Å²) in [7, 11) is -4.67. The number of hydrogen-bond acceptors (Lipinski definition) is 5. The van der Waals surface area contributed by atoms with Crippen LogP contribution in [0.2, 0.25) is 0 Å². The molecule has 0 aromatic carbocycles. The minimum absolute atomic E-state index is 0. The van der Waals surface area contributed by atoms with Gasteiger partial charge in [-0.05, 0) is 98.0 Å². The Morgan fingerprint density at radius 3 is 2.66 bits per heavy atom. The summed E-state index contributed by atoms with van der Waals surface area (Å²) in [5, 5.41) is 0. The summed E-state index contributed by atoms with van der Waals surface area (Å²) in [6.07, 6.45) is 15.3. The molecule has 0 saturated heterocycles. The van der Waals surface area contributed by atoms with Crippen LogP contribution >= 0.6 is 0 Å². The molecule has 0 bridgehead atoms. The molecule has 1 aromatic heterocycles. The Morgan fingerprint density at radius 2 is 2.00 bits per heavy atom. The zero-order valence-corrected chi connectivity index (χ0v) is 23.4. The van der Waals surface area contributed by atoms with Gasteiger partial charge in [-0.15, -0.1) is 0 Å². The van der Waals surface area contributed by atoms with Crippen molar-refractivity contribution in [2.45, 2.75) is 85.5 Å². The molecule has 2 aliphatic carbocycles. The summed E-state index contributed by atoms with van der Waals surface area (Å²) in [6, 6.07) is 1.95. The van der Waals surface area contributed by atoms with Crippen molar-refractivity contribution in [3.8, 4) is 0 Å². The van der Waals surface area contributed by atoms with Crippen LogP contribution in [0.3, 0.4) is 0 Å². The minimum atomic E-state index is -4.67. The maximum Gasteiger partial charge on any atom is 1.00 e. The van der Waals surface area contributed by atoms with E-state index in [0.29, 0.717) is 17.3 Å². The standard InChI is InChI=1S/C25H40O5S.Na/c1-19-10-11-22-23(9-6-14-24(22,2)3)25(19,4)15-12-20(18-30-31(26,27)28)7-5-8-21-13-16-29-17-21;/h9,13,16-17,19-20,22H,5-8,10-12,14-15,18H2,1-4H3,(H,26,27,28);/q;+1/p-1/t19-,20?,22-,25-;/m1./s1. The van der Waals surface area contributed by atoms with E-state index in [9.17, 15) is 13.0 Å². The Bertz CT molecular complexity index is 846. The van der Waals surface area contributed by atoms with Crippen LogP contribution in [0.15, 0.2) is 34.7 Å². The van der Waals surface area contributed by atoms with Crippen molar-refractivity contribution < 1.29 is 51.1 Å². The van der Waals surface area contributed by atoms with Gasteiger partial charge in [-0.3, -0.25) is 4.18 Å². The van der Waals surface area contributed by atoms with E-state index in [1.54, 1.807) is 18.1 Å². The molecule has 1 fully saturated rings. The van der Waals surface area contributed by atoms with Gasteiger partial charge in [0.25, 0.3) is 0 Å². The molecular weight excluding hydrogens is 435 g/mol. The maximum atomic E-state index is 11.1. The number of hydrogen-bond donors (Lipinski definition) is 0. The normalized spacial score (nSPS) is 28.3. The molecule has 0 N–H and O–H groups in total. The molecule has 5 nitrogen and oxygen atoms in total. The Balaban J connectivity index is 0.00000363. The van der Waals surface area contributed by atoms with Crippen LogP contribution in [0.4, 0.5) is 0 Å². The topological polar surface area (TPSA) is 79.6 Å². The fourth-order valence-electron chi connectivity index (χ4n) is 5.95. The molecule has 4 atom stereocenters. The summed E-state index contributed by atoms with van der Waals surface area (Å²) in [5.74, 6) is 1.29. The number of fused-ring (bicyclic) bond motifs is 1. The van der Waals surface area contributed by atoms with Crippen molar-refractivity contribution in [2.24, 2.45) is 28.6 Å². The van der Waals surface area contributed by atoms with Crippen LogP contribution < -0.4 is 29.6 Å². The minimum Gasteiger partial charge on any atom is -0.726 e. The second-order valence-corrected chi connectivity index (χ2v) is 11.8. The molecule has 0 spiro atoms. The quantitative estimate of drug-likeness (QED) is 0.225. The van der Waals surface area contributed by atoms with Crippen molar-refractivity contribution in [1.29, 1.82) is 0 Å². The molecule has 0 aliphatic heterocycles. The van der Waals surface area contributed by atoms with Gasteiger partial charge in [0.2, 0.25) is 10.4 Å². The number of rotatable bonds is 10. The van der Waals surface area contributed by atoms with Gasteiger partial charge in [-0.1, -0.05) is 39.3 Å². The van der Waals surface area contributed by atoms with Gasteiger partial charge in [0.15, 0.2) is 0 Å². The zero-order valence-electron chi connectivity index (χ0n) is 20.6. The molecule has 1 saturated carbocycles. The van der Waals surface area contributed by atoms with E-state index in [1.807, 2.05) is 6.07 Å². The summed E-state index contributed by atoms with van der Waals surface area (Å²) in [6.45, 7) is 9.57. The smallest absolute Gasteiger partial charge is 0.726 e. The third kappa shape index (κ3) is 7.19. The molecule has 3 rings (SSSR count). The first-order chi connectivity index (χ1) is 14.5. The Labute approximate surface area is 217 Å². The first kappa shape index (κ1) is 28.1. The molecule has 0 amide bonds. The number of furan rings is 1. The van der Waals surface area contributed by atoms with Gasteiger partial charge in [-0.25, -0.2) is 8.42 Å². The van der Waals surface area contributed by atoms with E-state index in [2.05, 4.69) is 33.8 Å². The van der Waals surface area contributed by atoms with Crippen LogP contribution in [0.5, 0.6) is 0 Å². The SMILES string of the molecule is C[C@@H]1CC[C@@H]2C(=CCCC2(C)C)[C@]1(C)CCC(CCCc1ccoc1)COS(=O)(=O)[O-].[Na+]. The molecular formula is C25H39NaO5S. The van der Waals surface area contributed by atoms with Crippen molar-refractivity contribution in [3.63, 3.8) is 0 Å². The van der Waals surface area contributed by atoms with E-state index in [1.165, 1.54) is 19.3 Å². The molecule has 0 radical (unpaired) electrons. The number of allylic oxidation sites excluding steroid dienone is 2. The average molecular weight is 475 g/mol. The summed E-state index contributed by atoms with van der Waals surface area (Å²) >= 11 is 0. The molecule has 7 heteroatoms. The zero-order chi connectivity index (χ0) is 22.7. The van der Waals surface area contributed by atoms with Crippen molar-refractivity contribution >= 4 is 10.4 Å². The summed E-state index contributed by atoms with van der Waals surface area (Å²) < 4.78 is 43.1. The Morgan fingerprint density at radius 1 is 1.25 bits per heavy atom. The van der Waals surface area contributed by atoms with Gasteiger partial charge < -0.3 is 8.97 Å². The van der Waals surface area contributed by atoms with E-state index >= 15 is 0 Å². The largest absolute Gasteiger partial charge is 1.00 e. The van der Waals surface area contributed by atoms with E-state index in [0.717, 1.165) is 44.1 Å². The fraction of sp³-hybridized carbons (Fsp3) is 0.760. The third-order valence-corrected chi connectivity index (χ3v) is 8.71. The first-order valence-electron chi connectivity index (χ1n) is 11.8. The maximum absolute atomic E-state index is 11.1.